The summed E-state index contributed by atoms with van der Waals surface area (Å²) >= 11 is 1.34. The summed E-state index contributed by atoms with van der Waals surface area (Å²) in [4.78, 5) is 78.7. The van der Waals surface area contributed by atoms with Crippen LogP contribution in [0.3, 0.4) is 0 Å². The van der Waals surface area contributed by atoms with Gasteiger partial charge in [0.15, 0.2) is 0 Å². The second kappa shape index (κ2) is 10.8. The quantitative estimate of drug-likeness (QED) is 0.229. The number of allylic oxidation sites excluding steroid dienone is 2. The molecule has 12 nitrogen and oxygen atoms in total. The number of carbonyl (C=O) groups excluding carboxylic acids is 5. The number of hydrogen-bond donors (Lipinski definition) is 3. The van der Waals surface area contributed by atoms with Crippen molar-refractivity contribution in [3.8, 4) is 0 Å². The van der Waals surface area contributed by atoms with Crippen LogP contribution < -0.4 is 10.6 Å². The lowest BCUT2D eigenvalue weighted by Crippen LogP contribution is -2.70. The number of unbranched alkanes of at least 4 members (excludes halogenated alkanes) is 1. The van der Waals surface area contributed by atoms with Crippen molar-refractivity contribution < 1.29 is 33.9 Å². The molecule has 1 aliphatic carbocycles. The number of carbonyl (C=O) groups is 6. The van der Waals surface area contributed by atoms with Gasteiger partial charge < -0.3 is 25.5 Å². The predicted molar refractivity (Wildman–Crippen MR) is 137 cm³/mol. The van der Waals surface area contributed by atoms with Gasteiger partial charge in [0.2, 0.25) is 11.8 Å². The average molecular weight is 548 g/mol. The maximum atomic E-state index is 12.9. The van der Waals surface area contributed by atoms with E-state index in [9.17, 15) is 33.9 Å². The maximum Gasteiger partial charge on any atom is 0.328 e. The third-order valence-corrected chi connectivity index (χ3v) is 8.81. The normalized spacial score (nSPS) is 26.3. The molecule has 0 aromatic heterocycles. The van der Waals surface area contributed by atoms with E-state index in [0.717, 1.165) is 17.7 Å². The van der Waals surface area contributed by atoms with E-state index in [1.165, 1.54) is 21.6 Å². The van der Waals surface area contributed by atoms with Gasteiger partial charge in [0.05, 0.1) is 0 Å². The summed E-state index contributed by atoms with van der Waals surface area (Å²) in [7, 11) is 0. The number of aliphatic carboxylic acids is 1. The van der Waals surface area contributed by atoms with Crippen LogP contribution in [0.2, 0.25) is 0 Å². The highest BCUT2D eigenvalue weighted by molar-refractivity contribution is 8.01. The largest absolute Gasteiger partial charge is 0.480 e. The summed E-state index contributed by atoms with van der Waals surface area (Å²) in [5.41, 5.74) is 1.11. The number of thioether (sulfide) groups is 1. The minimum absolute atomic E-state index is 0.0788. The van der Waals surface area contributed by atoms with E-state index in [4.69, 9.17) is 0 Å². The van der Waals surface area contributed by atoms with E-state index in [2.05, 4.69) is 10.6 Å². The first-order valence-electron chi connectivity index (χ1n) is 12.8. The van der Waals surface area contributed by atoms with Crippen molar-refractivity contribution >= 4 is 47.4 Å². The van der Waals surface area contributed by atoms with E-state index < -0.39 is 57.8 Å². The molecule has 0 saturated carbocycles. The Labute approximate surface area is 224 Å². The monoisotopic (exact) mass is 547 g/mol. The van der Waals surface area contributed by atoms with Crippen molar-refractivity contribution in [3.63, 3.8) is 0 Å². The van der Waals surface area contributed by atoms with Crippen LogP contribution in [0.4, 0.5) is 4.79 Å². The Hall–Kier alpha value is -3.35. The number of hydrogen-bond acceptors (Lipinski definition) is 7. The minimum atomic E-state index is -1.08. The highest BCUT2D eigenvalue weighted by Crippen LogP contribution is 2.50. The minimum Gasteiger partial charge on any atom is -0.480 e. The summed E-state index contributed by atoms with van der Waals surface area (Å²) in [6, 6.07) is -2.49. The van der Waals surface area contributed by atoms with Crippen molar-refractivity contribution in [1.82, 2.24) is 25.3 Å². The summed E-state index contributed by atoms with van der Waals surface area (Å²) in [6.07, 6.45) is 6.02. The number of amides is 6. The van der Waals surface area contributed by atoms with Gasteiger partial charge in [0, 0.05) is 42.9 Å². The summed E-state index contributed by atoms with van der Waals surface area (Å²) in [6.45, 7) is 6.35. The highest BCUT2D eigenvalue weighted by atomic mass is 32.2. The van der Waals surface area contributed by atoms with E-state index in [1.54, 1.807) is 13.8 Å². The molecule has 13 heteroatoms. The zero-order valence-electron chi connectivity index (χ0n) is 21.7. The molecule has 3 fully saturated rings. The summed E-state index contributed by atoms with van der Waals surface area (Å²) < 4.78 is -0.694. The van der Waals surface area contributed by atoms with Crippen molar-refractivity contribution in [2.45, 2.75) is 75.1 Å². The van der Waals surface area contributed by atoms with E-state index in [-0.39, 0.29) is 19.5 Å². The van der Waals surface area contributed by atoms with Gasteiger partial charge in [0.1, 0.15) is 17.5 Å². The lowest BCUT2D eigenvalue weighted by Gasteiger charge is -2.43. The molecule has 4 rings (SSSR count). The zero-order valence-corrected chi connectivity index (χ0v) is 22.5. The second-order valence-electron chi connectivity index (χ2n) is 10.3. The first-order chi connectivity index (χ1) is 18.0. The van der Waals surface area contributed by atoms with Crippen LogP contribution >= 0.6 is 11.8 Å². The molecule has 0 aromatic rings. The topological polar surface area (TPSA) is 156 Å². The molecule has 6 amide bonds. The molecule has 3 atom stereocenters. The number of fused-ring (bicyclic) bond motifs is 1. The average Bonchev–Trinajstić information content (AvgIpc) is 3.12. The van der Waals surface area contributed by atoms with Crippen molar-refractivity contribution in [2.75, 3.05) is 19.6 Å². The van der Waals surface area contributed by atoms with Crippen LogP contribution in [0.5, 0.6) is 0 Å². The Kier molecular flexibility index (Phi) is 7.86. The predicted octanol–water partition coefficient (Wildman–Crippen LogP) is 0.793. The number of carboxylic acid groups (broad SMARTS) is 1. The van der Waals surface area contributed by atoms with E-state index in [1.807, 2.05) is 19.1 Å². The number of nitrogens with zero attached hydrogens (tertiary/aromatic N) is 3. The number of rotatable bonds is 8. The van der Waals surface area contributed by atoms with Crippen molar-refractivity contribution in [3.05, 3.63) is 23.4 Å². The first-order valence-corrected chi connectivity index (χ1v) is 13.6. The number of piperazine rings is 1. The molecular formula is C25H33N5O7S. The fourth-order valence-electron chi connectivity index (χ4n) is 5.20. The van der Waals surface area contributed by atoms with Crippen LogP contribution in [-0.2, 0) is 24.0 Å². The molecule has 3 saturated heterocycles. The van der Waals surface area contributed by atoms with Gasteiger partial charge in [-0.05, 0) is 32.3 Å². The molecule has 3 heterocycles. The molecule has 0 bridgehead atoms. The van der Waals surface area contributed by atoms with Crippen LogP contribution in [-0.4, -0.2) is 97.3 Å². The molecule has 4 aliphatic rings. The van der Waals surface area contributed by atoms with E-state index in [0.29, 0.717) is 30.7 Å². The Morgan fingerprint density at radius 1 is 1.11 bits per heavy atom. The lowest BCUT2D eigenvalue weighted by atomic mass is 9.95. The molecular weight excluding hydrogens is 514 g/mol. The molecule has 38 heavy (non-hydrogen) atoms. The fourth-order valence-corrected chi connectivity index (χ4v) is 6.83. The Morgan fingerprint density at radius 2 is 1.82 bits per heavy atom. The maximum absolute atomic E-state index is 12.9. The van der Waals surface area contributed by atoms with Crippen LogP contribution in [0.15, 0.2) is 23.4 Å². The second-order valence-corrected chi connectivity index (χ2v) is 12.1. The fraction of sp³-hybridized carbons (Fsp3) is 0.600. The molecule has 0 unspecified atom stereocenters. The third kappa shape index (κ3) is 5.16. The van der Waals surface area contributed by atoms with Gasteiger partial charge in [-0.25, -0.2) is 9.59 Å². The molecule has 3 aliphatic heterocycles. The smallest absolute Gasteiger partial charge is 0.328 e. The number of β-lactam (4-membered cyclic amide) rings is 1. The SMILES string of the molecule is CCCCN1CCN(C(=O)NC2=C(CC(=O)N[C@@H]3C(=O)N4[C@@H]3SC(C)(C)[C@@H]4C(=O)O)CC=CC2)C(=O)C1=O. The highest BCUT2D eigenvalue weighted by Gasteiger charge is 2.64. The molecule has 0 radical (unpaired) electrons. The molecule has 206 valence electrons. The Bertz CT molecular complexity index is 1130. The Balaban J connectivity index is 1.37. The van der Waals surface area contributed by atoms with Crippen LogP contribution in [0.1, 0.15) is 52.9 Å². The molecule has 3 N–H and O–H groups in total. The van der Waals surface area contributed by atoms with E-state index >= 15 is 0 Å². The number of imide groups is 1. The van der Waals surface area contributed by atoms with Crippen molar-refractivity contribution in [2.24, 2.45) is 0 Å². The first kappa shape index (κ1) is 27.7. The van der Waals surface area contributed by atoms with Gasteiger partial charge in [-0.15, -0.1) is 11.8 Å². The molecule has 0 spiro atoms. The van der Waals surface area contributed by atoms with Crippen LogP contribution in [0.25, 0.3) is 0 Å². The summed E-state index contributed by atoms with van der Waals surface area (Å²) in [5, 5.41) is 14.5. The number of carboxylic acids is 1. The number of nitrogens with one attached hydrogen (secondary N) is 2. The Morgan fingerprint density at radius 3 is 2.50 bits per heavy atom. The van der Waals surface area contributed by atoms with Gasteiger partial charge in [-0.3, -0.25) is 24.1 Å². The lowest BCUT2D eigenvalue weighted by molar-refractivity contribution is -0.161. The molecule has 0 aromatic carbocycles. The standard InChI is InChI=1S/C25H33N5O7S/c1-4-5-10-28-11-12-29(21(34)20(28)33)24(37)26-15-9-7-6-8-14(15)13-16(31)27-17-19(32)30-18(23(35)36)25(2,3)38-22(17)30/h6-7,17-18,22H,4-5,8-13H2,1-3H3,(H,26,37)(H,27,31)(H,35,36)/t17-,18+,22-/m1/s1. The number of urea groups is 1. The van der Waals surface area contributed by atoms with Gasteiger partial charge in [0.25, 0.3) is 0 Å². The van der Waals surface area contributed by atoms with Gasteiger partial charge in [-0.2, -0.15) is 0 Å². The van der Waals surface area contributed by atoms with Gasteiger partial charge >= 0.3 is 23.8 Å². The van der Waals surface area contributed by atoms with Crippen molar-refractivity contribution in [1.29, 1.82) is 0 Å². The summed E-state index contributed by atoms with van der Waals surface area (Å²) in [5.74, 6) is -3.51. The van der Waals surface area contributed by atoms with Gasteiger partial charge in [-0.1, -0.05) is 25.5 Å². The van der Waals surface area contributed by atoms with Crippen LogP contribution in [0, 0.1) is 0 Å². The zero-order chi connectivity index (χ0) is 27.8. The third-order valence-electron chi connectivity index (χ3n) is 7.24.